The smallest absolute Gasteiger partial charge is 0.166 e. The molecule has 2 nitrogen and oxygen atoms in total. The highest BCUT2D eigenvalue weighted by Crippen LogP contribution is 2.25. The summed E-state index contributed by atoms with van der Waals surface area (Å²) in [5.41, 5.74) is 1.70. The van der Waals surface area contributed by atoms with E-state index in [0.717, 1.165) is 11.3 Å². The molecule has 0 aliphatic rings. The van der Waals surface area contributed by atoms with Crippen LogP contribution in [-0.4, -0.2) is 5.78 Å². The zero-order valence-corrected chi connectivity index (χ0v) is 9.49. The molecule has 0 atom stereocenters. The third kappa shape index (κ3) is 1.91. The van der Waals surface area contributed by atoms with E-state index in [1.165, 1.54) is 0 Å². The van der Waals surface area contributed by atoms with Crippen LogP contribution >= 0.6 is 0 Å². The number of aryl methyl sites for hydroxylation is 1. The second-order valence-electron chi connectivity index (χ2n) is 3.72. The minimum atomic E-state index is 0.128. The summed E-state index contributed by atoms with van der Waals surface area (Å²) in [6, 6.07) is 11.6. The van der Waals surface area contributed by atoms with Crippen molar-refractivity contribution in [3.8, 4) is 11.3 Å². The zero-order chi connectivity index (χ0) is 11.5. The van der Waals surface area contributed by atoms with E-state index in [9.17, 15) is 4.79 Å². The molecule has 0 amide bonds. The van der Waals surface area contributed by atoms with Gasteiger partial charge in [0.15, 0.2) is 5.78 Å². The van der Waals surface area contributed by atoms with Crippen LogP contribution in [0.15, 0.2) is 40.8 Å². The second-order valence-corrected chi connectivity index (χ2v) is 3.72. The van der Waals surface area contributed by atoms with E-state index in [0.29, 0.717) is 17.7 Å². The fraction of sp³-hybridized carbons (Fsp3) is 0.214. The lowest BCUT2D eigenvalue weighted by Crippen LogP contribution is -1.95. The molecule has 0 bridgehead atoms. The van der Waals surface area contributed by atoms with Crippen LogP contribution in [0.4, 0.5) is 0 Å². The Bertz CT molecular complexity index is 495. The average Bonchev–Trinajstić information content (AvgIpc) is 2.71. The van der Waals surface area contributed by atoms with E-state index in [2.05, 4.69) is 0 Å². The largest absolute Gasteiger partial charge is 0.461 e. The van der Waals surface area contributed by atoms with Crippen LogP contribution in [0.25, 0.3) is 11.3 Å². The number of benzene rings is 1. The fourth-order valence-corrected chi connectivity index (χ4v) is 1.69. The first-order valence-corrected chi connectivity index (χ1v) is 5.41. The first-order valence-electron chi connectivity index (χ1n) is 5.41. The molecule has 1 aromatic carbocycles. The molecular weight excluding hydrogens is 200 g/mol. The molecule has 0 unspecified atom stereocenters. The Hall–Kier alpha value is -1.83. The quantitative estimate of drug-likeness (QED) is 0.726. The van der Waals surface area contributed by atoms with E-state index < -0.39 is 0 Å². The lowest BCUT2D eigenvalue weighted by atomic mass is 10.1. The van der Waals surface area contributed by atoms with Gasteiger partial charge in [-0.25, -0.2) is 0 Å². The minimum Gasteiger partial charge on any atom is -0.461 e. The van der Waals surface area contributed by atoms with Gasteiger partial charge in [0.05, 0.1) is 5.56 Å². The maximum atomic E-state index is 11.6. The van der Waals surface area contributed by atoms with Gasteiger partial charge in [0.25, 0.3) is 0 Å². The third-order valence-electron chi connectivity index (χ3n) is 2.60. The van der Waals surface area contributed by atoms with Crippen LogP contribution in [0.3, 0.4) is 0 Å². The molecule has 1 heterocycles. The summed E-state index contributed by atoms with van der Waals surface area (Å²) >= 11 is 0. The summed E-state index contributed by atoms with van der Waals surface area (Å²) < 4.78 is 5.60. The number of hydrogen-bond acceptors (Lipinski definition) is 2. The van der Waals surface area contributed by atoms with Crippen molar-refractivity contribution in [3.63, 3.8) is 0 Å². The molecule has 1 aromatic heterocycles. The van der Waals surface area contributed by atoms with E-state index in [-0.39, 0.29) is 5.78 Å². The number of ketones is 1. The summed E-state index contributed by atoms with van der Waals surface area (Å²) in [6.07, 6.45) is 0.509. The van der Waals surface area contributed by atoms with Crippen molar-refractivity contribution in [1.82, 2.24) is 0 Å². The van der Waals surface area contributed by atoms with Crippen molar-refractivity contribution in [3.05, 3.63) is 47.7 Å². The molecule has 0 spiro atoms. The summed E-state index contributed by atoms with van der Waals surface area (Å²) in [5, 5.41) is 0. The molecule has 0 saturated heterocycles. The first-order chi connectivity index (χ1) is 7.72. The number of carbonyl (C=O) groups excluding carboxylic acids is 1. The summed E-state index contributed by atoms with van der Waals surface area (Å²) in [5.74, 6) is 1.59. The van der Waals surface area contributed by atoms with Gasteiger partial charge < -0.3 is 4.42 Å². The van der Waals surface area contributed by atoms with E-state index >= 15 is 0 Å². The van der Waals surface area contributed by atoms with Crippen molar-refractivity contribution in [1.29, 1.82) is 0 Å². The summed E-state index contributed by atoms with van der Waals surface area (Å²) in [7, 11) is 0. The van der Waals surface area contributed by atoms with Gasteiger partial charge in [-0.1, -0.05) is 37.3 Å². The van der Waals surface area contributed by atoms with Crippen LogP contribution in [0.5, 0.6) is 0 Å². The fourth-order valence-electron chi connectivity index (χ4n) is 1.69. The SMILES string of the molecule is CCC(=O)c1cc(-c2ccccc2)oc1C. The number of carbonyl (C=O) groups is 1. The van der Waals surface area contributed by atoms with Gasteiger partial charge in [-0.3, -0.25) is 4.79 Å². The Kier molecular flexibility index (Phi) is 2.91. The van der Waals surface area contributed by atoms with Crippen LogP contribution in [0.1, 0.15) is 29.5 Å². The monoisotopic (exact) mass is 214 g/mol. The van der Waals surface area contributed by atoms with Crippen LogP contribution in [0.2, 0.25) is 0 Å². The summed E-state index contributed by atoms with van der Waals surface area (Å²) in [4.78, 5) is 11.6. The van der Waals surface area contributed by atoms with Crippen molar-refractivity contribution in [2.24, 2.45) is 0 Å². The first kappa shape index (κ1) is 10.7. The molecule has 0 aliphatic heterocycles. The Morgan fingerprint density at radius 3 is 2.56 bits per heavy atom. The van der Waals surface area contributed by atoms with Gasteiger partial charge in [0.1, 0.15) is 11.5 Å². The third-order valence-corrected chi connectivity index (χ3v) is 2.60. The number of hydrogen-bond donors (Lipinski definition) is 0. The molecule has 2 heteroatoms. The van der Waals surface area contributed by atoms with Crippen LogP contribution in [-0.2, 0) is 0 Å². The van der Waals surface area contributed by atoms with Gasteiger partial charge in [-0.15, -0.1) is 0 Å². The normalized spacial score (nSPS) is 10.4. The lowest BCUT2D eigenvalue weighted by Gasteiger charge is -1.93. The number of rotatable bonds is 3. The molecule has 0 fully saturated rings. The Morgan fingerprint density at radius 1 is 1.25 bits per heavy atom. The molecule has 0 radical (unpaired) electrons. The lowest BCUT2D eigenvalue weighted by molar-refractivity contribution is 0.0986. The van der Waals surface area contributed by atoms with Crippen LogP contribution < -0.4 is 0 Å². The van der Waals surface area contributed by atoms with Crippen LogP contribution in [0, 0.1) is 6.92 Å². The minimum absolute atomic E-state index is 0.128. The highest BCUT2D eigenvalue weighted by Gasteiger charge is 2.13. The Labute approximate surface area is 94.9 Å². The van der Waals surface area contributed by atoms with Crippen molar-refractivity contribution >= 4 is 5.78 Å². The van der Waals surface area contributed by atoms with E-state index in [4.69, 9.17) is 4.42 Å². The Balaban J connectivity index is 2.42. The highest BCUT2D eigenvalue weighted by molar-refractivity contribution is 5.97. The van der Waals surface area contributed by atoms with Gasteiger partial charge in [-0.05, 0) is 13.0 Å². The molecule has 2 aromatic rings. The second kappa shape index (κ2) is 4.35. The molecule has 16 heavy (non-hydrogen) atoms. The van der Waals surface area contributed by atoms with Crippen molar-refractivity contribution in [2.75, 3.05) is 0 Å². The number of furan rings is 1. The van der Waals surface area contributed by atoms with Gasteiger partial charge in [0.2, 0.25) is 0 Å². The molecule has 2 rings (SSSR count). The van der Waals surface area contributed by atoms with Gasteiger partial charge in [-0.2, -0.15) is 0 Å². The molecule has 82 valence electrons. The maximum absolute atomic E-state index is 11.6. The van der Waals surface area contributed by atoms with Crippen molar-refractivity contribution in [2.45, 2.75) is 20.3 Å². The predicted molar refractivity (Wildman–Crippen MR) is 63.5 cm³/mol. The molecule has 0 N–H and O–H groups in total. The van der Waals surface area contributed by atoms with E-state index in [1.54, 1.807) is 0 Å². The Morgan fingerprint density at radius 2 is 1.94 bits per heavy atom. The zero-order valence-electron chi connectivity index (χ0n) is 9.49. The van der Waals surface area contributed by atoms with Gasteiger partial charge >= 0.3 is 0 Å². The molecule has 0 aliphatic carbocycles. The standard InChI is InChI=1S/C14H14O2/c1-3-13(15)12-9-14(16-10(12)2)11-7-5-4-6-8-11/h4-9H,3H2,1-2H3. The summed E-state index contributed by atoms with van der Waals surface area (Å²) in [6.45, 7) is 3.69. The highest BCUT2D eigenvalue weighted by atomic mass is 16.3. The van der Waals surface area contributed by atoms with E-state index in [1.807, 2.05) is 50.2 Å². The van der Waals surface area contributed by atoms with Gasteiger partial charge in [0, 0.05) is 12.0 Å². The average molecular weight is 214 g/mol. The predicted octanol–water partition coefficient (Wildman–Crippen LogP) is 3.85. The number of Topliss-reactive ketones (excluding diaryl/α,β-unsaturated/α-hetero) is 1. The molecule has 0 saturated carbocycles. The maximum Gasteiger partial charge on any atom is 0.166 e. The molecular formula is C14H14O2. The topological polar surface area (TPSA) is 30.2 Å². The van der Waals surface area contributed by atoms with Crippen molar-refractivity contribution < 1.29 is 9.21 Å².